The van der Waals surface area contributed by atoms with Gasteiger partial charge in [-0.3, -0.25) is 4.79 Å². The Kier molecular flexibility index (Phi) is 4.31. The Morgan fingerprint density at radius 1 is 1.17 bits per heavy atom. The maximum atomic E-state index is 11.2. The largest absolute Gasteiger partial charge is 0.465 e. The summed E-state index contributed by atoms with van der Waals surface area (Å²) in [6, 6.07) is 14.4. The normalized spacial score (nSPS) is 10.5. The number of hydrogen-bond donors (Lipinski definition) is 1. The predicted molar refractivity (Wildman–Crippen MR) is 72.3 cm³/mol. The molecule has 0 atom stereocenters. The van der Waals surface area contributed by atoms with E-state index in [1.54, 1.807) is 0 Å². The summed E-state index contributed by atoms with van der Waals surface area (Å²) in [7, 11) is 0. The van der Waals surface area contributed by atoms with Gasteiger partial charge in [-0.2, -0.15) is 0 Å². The molecule has 0 saturated carbocycles. The Morgan fingerprint density at radius 3 is 2.78 bits per heavy atom. The number of nitrogens with one attached hydrogen (secondary N) is 1. The van der Waals surface area contributed by atoms with E-state index >= 15 is 0 Å². The number of rotatable bonds is 5. The number of ether oxygens (including phenoxy) is 1. The van der Waals surface area contributed by atoms with Crippen molar-refractivity contribution < 1.29 is 9.53 Å². The van der Waals surface area contributed by atoms with E-state index in [1.807, 2.05) is 25.1 Å². The summed E-state index contributed by atoms with van der Waals surface area (Å²) in [5.41, 5.74) is 1.19. The minimum absolute atomic E-state index is 0.210. The summed E-state index contributed by atoms with van der Waals surface area (Å²) in [4.78, 5) is 11.2. The minimum atomic E-state index is -0.210. The fourth-order valence-electron chi connectivity index (χ4n) is 1.96. The van der Waals surface area contributed by atoms with E-state index in [0.717, 1.165) is 0 Å². The van der Waals surface area contributed by atoms with Gasteiger partial charge in [-0.25, -0.2) is 0 Å². The van der Waals surface area contributed by atoms with E-state index in [0.29, 0.717) is 13.2 Å². The molecule has 18 heavy (non-hydrogen) atoms. The van der Waals surface area contributed by atoms with Gasteiger partial charge < -0.3 is 10.1 Å². The van der Waals surface area contributed by atoms with Crippen LogP contribution in [0.3, 0.4) is 0 Å². The summed E-state index contributed by atoms with van der Waals surface area (Å²) >= 11 is 0. The molecule has 0 aromatic heterocycles. The van der Waals surface area contributed by atoms with Crippen molar-refractivity contribution in [2.75, 3.05) is 13.2 Å². The van der Waals surface area contributed by atoms with Crippen molar-refractivity contribution in [3.8, 4) is 0 Å². The molecule has 0 fully saturated rings. The molecule has 0 radical (unpaired) electrons. The maximum Gasteiger partial charge on any atom is 0.319 e. The van der Waals surface area contributed by atoms with E-state index in [1.165, 1.54) is 16.3 Å². The third kappa shape index (κ3) is 3.08. The SMILES string of the molecule is CCOC(=O)CNCc1cccc2ccccc12. The van der Waals surface area contributed by atoms with Crippen molar-refractivity contribution in [3.63, 3.8) is 0 Å². The maximum absolute atomic E-state index is 11.2. The molecule has 0 aliphatic heterocycles. The molecule has 0 heterocycles. The van der Waals surface area contributed by atoms with Crippen molar-refractivity contribution in [2.45, 2.75) is 13.5 Å². The highest BCUT2D eigenvalue weighted by atomic mass is 16.5. The Balaban J connectivity index is 2.01. The van der Waals surface area contributed by atoms with E-state index in [4.69, 9.17) is 4.74 Å². The molecule has 0 amide bonds. The lowest BCUT2D eigenvalue weighted by Crippen LogP contribution is -2.24. The second-order valence-electron chi connectivity index (χ2n) is 4.05. The van der Waals surface area contributed by atoms with Gasteiger partial charge in [0.15, 0.2) is 0 Å². The molecule has 3 heteroatoms. The van der Waals surface area contributed by atoms with Crippen molar-refractivity contribution in [1.82, 2.24) is 5.32 Å². The third-order valence-corrected chi connectivity index (χ3v) is 2.77. The molecule has 2 aromatic carbocycles. The topological polar surface area (TPSA) is 38.3 Å². The van der Waals surface area contributed by atoms with Gasteiger partial charge >= 0.3 is 5.97 Å². The first-order chi connectivity index (χ1) is 8.81. The molecule has 94 valence electrons. The predicted octanol–water partition coefficient (Wildman–Crippen LogP) is 2.49. The molecule has 0 unspecified atom stereocenters. The second-order valence-corrected chi connectivity index (χ2v) is 4.05. The molecule has 0 aliphatic rings. The van der Waals surface area contributed by atoms with Crippen LogP contribution in [-0.2, 0) is 16.1 Å². The van der Waals surface area contributed by atoms with Crippen molar-refractivity contribution >= 4 is 16.7 Å². The number of carbonyl (C=O) groups is 1. The third-order valence-electron chi connectivity index (χ3n) is 2.77. The van der Waals surface area contributed by atoms with Crippen molar-refractivity contribution in [1.29, 1.82) is 0 Å². The van der Waals surface area contributed by atoms with Gasteiger partial charge in [0.05, 0.1) is 13.2 Å². The van der Waals surface area contributed by atoms with Gasteiger partial charge in [0.2, 0.25) is 0 Å². The first-order valence-corrected chi connectivity index (χ1v) is 6.14. The monoisotopic (exact) mass is 243 g/mol. The van der Waals surface area contributed by atoms with Crippen LogP contribution in [0.2, 0.25) is 0 Å². The van der Waals surface area contributed by atoms with Crippen LogP contribution in [0.1, 0.15) is 12.5 Å². The Bertz CT molecular complexity index is 532. The number of fused-ring (bicyclic) bond motifs is 1. The van der Waals surface area contributed by atoms with E-state index in [-0.39, 0.29) is 12.5 Å². The number of hydrogen-bond acceptors (Lipinski definition) is 3. The lowest BCUT2D eigenvalue weighted by Gasteiger charge is -2.08. The smallest absolute Gasteiger partial charge is 0.319 e. The molecule has 0 saturated heterocycles. The fraction of sp³-hybridized carbons (Fsp3) is 0.267. The van der Waals surface area contributed by atoms with Gasteiger partial charge in [-0.05, 0) is 23.3 Å². The standard InChI is InChI=1S/C15H17NO2/c1-2-18-15(17)11-16-10-13-8-5-7-12-6-3-4-9-14(12)13/h3-9,16H,2,10-11H2,1H3. The van der Waals surface area contributed by atoms with Gasteiger partial charge in [-0.15, -0.1) is 0 Å². The molecule has 2 rings (SSSR count). The summed E-state index contributed by atoms with van der Waals surface area (Å²) in [6.07, 6.45) is 0. The van der Waals surface area contributed by atoms with Crippen LogP contribution in [0.4, 0.5) is 0 Å². The quantitative estimate of drug-likeness (QED) is 0.820. The fourth-order valence-corrected chi connectivity index (χ4v) is 1.96. The highest BCUT2D eigenvalue weighted by molar-refractivity contribution is 5.85. The molecular formula is C15H17NO2. The van der Waals surface area contributed by atoms with Crippen molar-refractivity contribution in [2.24, 2.45) is 0 Å². The molecule has 0 spiro atoms. The van der Waals surface area contributed by atoms with E-state index in [2.05, 4.69) is 29.6 Å². The van der Waals surface area contributed by atoms with Gasteiger partial charge in [0.1, 0.15) is 0 Å². The zero-order valence-electron chi connectivity index (χ0n) is 10.5. The summed E-state index contributed by atoms with van der Waals surface area (Å²) in [5, 5.41) is 5.54. The molecule has 2 aromatic rings. The molecule has 3 nitrogen and oxygen atoms in total. The highest BCUT2D eigenvalue weighted by Crippen LogP contribution is 2.17. The van der Waals surface area contributed by atoms with Crippen LogP contribution in [0.15, 0.2) is 42.5 Å². The number of benzene rings is 2. The Labute approximate surface area is 107 Å². The van der Waals surface area contributed by atoms with Crippen LogP contribution < -0.4 is 5.32 Å². The van der Waals surface area contributed by atoms with Crippen LogP contribution >= 0.6 is 0 Å². The summed E-state index contributed by atoms with van der Waals surface area (Å²) < 4.78 is 4.87. The number of esters is 1. The van der Waals surface area contributed by atoms with Crippen molar-refractivity contribution in [3.05, 3.63) is 48.0 Å². The Morgan fingerprint density at radius 2 is 1.94 bits per heavy atom. The molecule has 1 N–H and O–H groups in total. The first kappa shape index (κ1) is 12.6. The zero-order valence-corrected chi connectivity index (χ0v) is 10.5. The second kappa shape index (κ2) is 6.17. The van der Waals surface area contributed by atoms with Crippen LogP contribution in [0.25, 0.3) is 10.8 Å². The number of carbonyl (C=O) groups excluding carboxylic acids is 1. The molecule has 0 aliphatic carbocycles. The lowest BCUT2D eigenvalue weighted by atomic mass is 10.0. The van der Waals surface area contributed by atoms with Crippen LogP contribution in [0.5, 0.6) is 0 Å². The van der Waals surface area contributed by atoms with E-state index < -0.39 is 0 Å². The average molecular weight is 243 g/mol. The van der Waals surface area contributed by atoms with Gasteiger partial charge in [0.25, 0.3) is 0 Å². The van der Waals surface area contributed by atoms with Crippen LogP contribution in [-0.4, -0.2) is 19.1 Å². The summed E-state index contributed by atoms with van der Waals surface area (Å²) in [6.45, 7) is 3.15. The van der Waals surface area contributed by atoms with Crippen LogP contribution in [0, 0.1) is 0 Å². The molecule has 0 bridgehead atoms. The van der Waals surface area contributed by atoms with Gasteiger partial charge in [0, 0.05) is 6.54 Å². The molecular weight excluding hydrogens is 226 g/mol. The highest BCUT2D eigenvalue weighted by Gasteiger charge is 2.03. The minimum Gasteiger partial charge on any atom is -0.465 e. The van der Waals surface area contributed by atoms with Gasteiger partial charge in [-0.1, -0.05) is 42.5 Å². The van der Waals surface area contributed by atoms with E-state index in [9.17, 15) is 4.79 Å². The average Bonchev–Trinajstić information content (AvgIpc) is 2.39. The Hall–Kier alpha value is -1.87. The lowest BCUT2D eigenvalue weighted by molar-refractivity contribution is -0.142. The summed E-state index contributed by atoms with van der Waals surface area (Å²) in [5.74, 6) is -0.210. The first-order valence-electron chi connectivity index (χ1n) is 6.14. The zero-order chi connectivity index (χ0) is 12.8.